The van der Waals surface area contributed by atoms with E-state index in [1.54, 1.807) is 0 Å². The van der Waals surface area contributed by atoms with Crippen molar-refractivity contribution >= 4 is 14.0 Å². The Morgan fingerprint density at radius 3 is 2.08 bits per heavy atom. The van der Waals surface area contributed by atoms with Crippen molar-refractivity contribution in [3.63, 3.8) is 0 Å². The number of carbonyl (C=O) groups is 1. The fourth-order valence-electron chi connectivity index (χ4n) is 0.625. The van der Waals surface area contributed by atoms with Crippen LogP contribution in [0.1, 0.15) is 6.92 Å². The summed E-state index contributed by atoms with van der Waals surface area (Å²) < 4.78 is 9.70. The van der Waals surface area contributed by atoms with Gasteiger partial charge in [-0.25, -0.2) is 0 Å². The lowest BCUT2D eigenvalue weighted by Crippen LogP contribution is -2.18. The monoisotopic (exact) mass is 188 g/mol. The molecular weight excluding hydrogens is 172 g/mol. The molecule has 3 nitrogen and oxygen atoms in total. The number of ether oxygens (including phenoxy) is 2. The largest absolute Gasteiger partial charge is 0.469 e. The van der Waals surface area contributed by atoms with Gasteiger partial charge in [-0.05, 0) is 5.70 Å². The maximum atomic E-state index is 10.6. The van der Waals surface area contributed by atoms with Crippen molar-refractivity contribution in [3.8, 4) is 0 Å². The van der Waals surface area contributed by atoms with Crippen LogP contribution in [-0.2, 0) is 14.3 Å². The molecule has 0 N–H and O–H groups in total. The highest BCUT2D eigenvalue weighted by atomic mass is 28.3. The van der Waals surface area contributed by atoms with Crippen LogP contribution >= 0.6 is 0 Å². The van der Waals surface area contributed by atoms with Crippen molar-refractivity contribution in [1.82, 2.24) is 0 Å². The zero-order valence-electron chi connectivity index (χ0n) is 8.30. The molecule has 0 fully saturated rings. The zero-order valence-corrected chi connectivity index (χ0v) is 9.30. The average Bonchev–Trinajstić information content (AvgIpc) is 1.82. The Balaban J connectivity index is 4.34. The summed E-state index contributed by atoms with van der Waals surface area (Å²) in [6, 6.07) is 0. The smallest absolute Gasteiger partial charge is 0.310 e. The van der Waals surface area contributed by atoms with E-state index < -0.39 is 8.07 Å². The highest BCUT2D eigenvalue weighted by molar-refractivity contribution is 6.81. The van der Waals surface area contributed by atoms with Crippen LogP contribution in [0.4, 0.5) is 0 Å². The van der Waals surface area contributed by atoms with E-state index in [1.807, 2.05) is 5.70 Å². The van der Waals surface area contributed by atoms with E-state index in [0.29, 0.717) is 5.95 Å². The van der Waals surface area contributed by atoms with Gasteiger partial charge in [0, 0.05) is 6.92 Å². The van der Waals surface area contributed by atoms with E-state index in [-0.39, 0.29) is 5.97 Å². The molecule has 0 aliphatic heterocycles. The van der Waals surface area contributed by atoms with Crippen LogP contribution in [0.25, 0.3) is 0 Å². The lowest BCUT2D eigenvalue weighted by atomic mass is 10.8. The fraction of sp³-hybridized carbons (Fsp3) is 0.625. The van der Waals surface area contributed by atoms with E-state index in [2.05, 4.69) is 19.6 Å². The first-order valence-corrected chi connectivity index (χ1v) is 7.38. The van der Waals surface area contributed by atoms with Crippen molar-refractivity contribution in [3.05, 3.63) is 11.6 Å². The number of methoxy groups -OCH3 is 1. The van der Waals surface area contributed by atoms with Crippen LogP contribution in [0.15, 0.2) is 11.6 Å². The van der Waals surface area contributed by atoms with E-state index in [1.165, 1.54) is 14.0 Å². The molecular formula is C8H16O3Si. The summed E-state index contributed by atoms with van der Waals surface area (Å²) in [6.07, 6.45) is 0. The van der Waals surface area contributed by atoms with Gasteiger partial charge in [-0.3, -0.25) is 4.79 Å². The van der Waals surface area contributed by atoms with E-state index in [9.17, 15) is 4.79 Å². The van der Waals surface area contributed by atoms with E-state index in [0.717, 1.165) is 0 Å². The lowest BCUT2D eigenvalue weighted by molar-refractivity contribution is -0.141. The molecule has 0 spiro atoms. The van der Waals surface area contributed by atoms with Crippen molar-refractivity contribution in [2.45, 2.75) is 26.6 Å². The van der Waals surface area contributed by atoms with Crippen molar-refractivity contribution in [1.29, 1.82) is 0 Å². The van der Waals surface area contributed by atoms with Gasteiger partial charge in [0.05, 0.1) is 15.2 Å². The Bertz CT molecular complexity index is 191. The Hall–Kier alpha value is -0.773. The molecule has 12 heavy (non-hydrogen) atoms. The number of rotatable bonds is 3. The van der Waals surface area contributed by atoms with Crippen LogP contribution in [0.5, 0.6) is 0 Å². The first kappa shape index (κ1) is 11.2. The zero-order chi connectivity index (χ0) is 9.78. The van der Waals surface area contributed by atoms with Crippen molar-refractivity contribution in [2.24, 2.45) is 0 Å². The predicted molar refractivity (Wildman–Crippen MR) is 50.2 cm³/mol. The number of hydrogen-bond acceptors (Lipinski definition) is 3. The average molecular weight is 188 g/mol. The highest BCUT2D eigenvalue weighted by Crippen LogP contribution is 2.08. The molecule has 0 rings (SSSR count). The van der Waals surface area contributed by atoms with Gasteiger partial charge >= 0.3 is 5.97 Å². The normalized spacial score (nSPS) is 12.6. The van der Waals surface area contributed by atoms with Crippen LogP contribution in [0.2, 0.25) is 19.6 Å². The number of carbonyl (C=O) groups excluding carboxylic acids is 1. The van der Waals surface area contributed by atoms with Gasteiger partial charge < -0.3 is 9.47 Å². The van der Waals surface area contributed by atoms with Crippen LogP contribution in [0.3, 0.4) is 0 Å². The maximum absolute atomic E-state index is 10.6. The molecule has 4 heteroatoms. The molecule has 0 amide bonds. The third-order valence-electron chi connectivity index (χ3n) is 0.996. The Kier molecular flexibility index (Phi) is 4.02. The molecule has 0 aromatic carbocycles. The molecule has 0 radical (unpaired) electrons. The summed E-state index contributed by atoms with van der Waals surface area (Å²) in [6.45, 7) is 7.76. The van der Waals surface area contributed by atoms with Gasteiger partial charge in [-0.1, -0.05) is 19.6 Å². The summed E-state index contributed by atoms with van der Waals surface area (Å²) in [5, 5.41) is 0. The number of hydrogen-bond donors (Lipinski definition) is 0. The van der Waals surface area contributed by atoms with E-state index >= 15 is 0 Å². The maximum Gasteiger partial charge on any atom is 0.310 e. The minimum atomic E-state index is -1.37. The van der Waals surface area contributed by atoms with E-state index in [4.69, 9.17) is 9.47 Å². The molecule has 0 aromatic heterocycles. The first-order chi connectivity index (χ1) is 5.35. The minimum absolute atomic E-state index is 0.321. The molecule has 0 heterocycles. The van der Waals surface area contributed by atoms with Crippen LogP contribution in [0, 0.1) is 0 Å². The molecule has 0 atom stereocenters. The van der Waals surface area contributed by atoms with Gasteiger partial charge in [0.2, 0.25) is 0 Å². The SMILES string of the molecule is CO/C(=C/[Si](C)(C)C)OC(C)=O. The molecule has 0 saturated heterocycles. The summed E-state index contributed by atoms with van der Waals surface area (Å²) in [5.41, 5.74) is 1.90. The minimum Gasteiger partial charge on any atom is -0.469 e. The van der Waals surface area contributed by atoms with Crippen molar-refractivity contribution in [2.75, 3.05) is 7.11 Å². The third kappa shape index (κ3) is 5.97. The van der Waals surface area contributed by atoms with Gasteiger partial charge in [-0.15, -0.1) is 0 Å². The van der Waals surface area contributed by atoms with Gasteiger partial charge in [-0.2, -0.15) is 0 Å². The molecule has 0 aliphatic rings. The topological polar surface area (TPSA) is 35.5 Å². The van der Waals surface area contributed by atoms with Crippen molar-refractivity contribution < 1.29 is 14.3 Å². The second-order valence-corrected chi connectivity index (χ2v) is 8.65. The standard InChI is InChI=1S/C8H16O3Si/c1-7(9)11-8(10-2)6-12(3,4)5/h6H,1-5H3/b8-6-. The second kappa shape index (κ2) is 4.30. The first-order valence-electron chi connectivity index (χ1n) is 3.80. The molecule has 0 aromatic rings. The van der Waals surface area contributed by atoms with Gasteiger partial charge in [0.1, 0.15) is 0 Å². The molecule has 0 aliphatic carbocycles. The Morgan fingerprint density at radius 2 is 1.83 bits per heavy atom. The molecule has 0 bridgehead atoms. The second-order valence-electron chi connectivity index (χ2n) is 3.63. The summed E-state index contributed by atoms with van der Waals surface area (Å²) in [7, 11) is 0.123. The highest BCUT2D eigenvalue weighted by Gasteiger charge is 2.13. The van der Waals surface area contributed by atoms with Gasteiger partial charge in [0.15, 0.2) is 0 Å². The Labute approximate surface area is 74.4 Å². The summed E-state index contributed by atoms with van der Waals surface area (Å²) in [4.78, 5) is 10.6. The fourth-order valence-corrected chi connectivity index (χ4v) is 1.51. The van der Waals surface area contributed by atoms with Crippen LogP contribution < -0.4 is 0 Å². The predicted octanol–water partition coefficient (Wildman–Crippen LogP) is 1.91. The quantitative estimate of drug-likeness (QED) is 0.385. The lowest BCUT2D eigenvalue weighted by Gasteiger charge is -2.12. The summed E-state index contributed by atoms with van der Waals surface area (Å²) in [5.74, 6) is -0.0250. The molecule has 0 saturated carbocycles. The molecule has 0 unspecified atom stereocenters. The molecule has 70 valence electrons. The van der Waals surface area contributed by atoms with Gasteiger partial charge in [0.25, 0.3) is 5.95 Å². The summed E-state index contributed by atoms with van der Waals surface area (Å²) >= 11 is 0. The van der Waals surface area contributed by atoms with Crippen LogP contribution in [-0.4, -0.2) is 21.2 Å². The number of esters is 1. The third-order valence-corrected chi connectivity index (χ3v) is 2.10. The Morgan fingerprint density at radius 1 is 1.33 bits per heavy atom.